The van der Waals surface area contributed by atoms with Gasteiger partial charge in [-0.15, -0.1) is 0 Å². The Labute approximate surface area is 160 Å². The van der Waals surface area contributed by atoms with Crippen LogP contribution in [0.5, 0.6) is 0 Å². The van der Waals surface area contributed by atoms with Gasteiger partial charge in [0.1, 0.15) is 16.5 Å². The Morgan fingerprint density at radius 1 is 0.893 bits per heavy atom. The van der Waals surface area contributed by atoms with E-state index in [1.807, 2.05) is 0 Å². The number of rotatable bonds is 5. The Morgan fingerprint density at radius 2 is 1.61 bits per heavy atom. The first-order chi connectivity index (χ1) is 13.2. The molecule has 0 unspecified atom stereocenters. The van der Waals surface area contributed by atoms with Crippen LogP contribution in [0.15, 0.2) is 59.5 Å². The summed E-state index contributed by atoms with van der Waals surface area (Å²) in [7, 11) is -2.71. The Balaban J connectivity index is 2.38. The molecule has 0 amide bonds. The predicted octanol–water partition coefficient (Wildman–Crippen LogP) is 3.80. The van der Waals surface area contributed by atoms with E-state index >= 15 is 4.39 Å². The smallest absolute Gasteiger partial charge is 0.240 e. The summed E-state index contributed by atoms with van der Waals surface area (Å²) in [6.07, 6.45) is 0. The largest absolute Gasteiger partial charge is 0.316 e. The molecule has 8 heteroatoms. The highest BCUT2D eigenvalue weighted by molar-refractivity contribution is 7.89. The minimum absolute atomic E-state index is 0.0263. The summed E-state index contributed by atoms with van der Waals surface area (Å²) < 4.78 is 67.4. The summed E-state index contributed by atoms with van der Waals surface area (Å²) in [5, 5.41) is 7.97. The molecular formula is C20H17F3N2O2S. The molecule has 0 saturated heterocycles. The van der Waals surface area contributed by atoms with E-state index in [0.717, 1.165) is 12.1 Å². The Bertz CT molecular complexity index is 1150. The average Bonchev–Trinajstić information content (AvgIpc) is 2.62. The van der Waals surface area contributed by atoms with Crippen molar-refractivity contribution in [3.63, 3.8) is 0 Å². The van der Waals surface area contributed by atoms with E-state index in [1.165, 1.54) is 24.3 Å². The maximum absolute atomic E-state index is 15.0. The highest BCUT2D eigenvalue weighted by atomic mass is 32.2. The molecule has 0 aliphatic heterocycles. The van der Waals surface area contributed by atoms with Gasteiger partial charge in [0.25, 0.3) is 0 Å². The summed E-state index contributed by atoms with van der Waals surface area (Å²) in [5.74, 6) is -2.88. The standard InChI is InChI=1S/C20H17F3N2O2S/c1-25-11-12-6-7-13(14-4-2-3-5-16(14)21)15(10-12)19-17(22)8-9-18(20(19)23)28(24,26)27/h2-10,25H,11H2,1H3,(H2,24,26,27). The maximum Gasteiger partial charge on any atom is 0.240 e. The van der Waals surface area contributed by atoms with E-state index in [2.05, 4.69) is 5.32 Å². The first-order valence-electron chi connectivity index (χ1n) is 8.27. The molecule has 0 aliphatic rings. The van der Waals surface area contributed by atoms with E-state index in [-0.39, 0.29) is 16.7 Å². The first-order valence-corrected chi connectivity index (χ1v) is 9.82. The van der Waals surface area contributed by atoms with Gasteiger partial charge in [0.2, 0.25) is 10.0 Å². The summed E-state index contributed by atoms with van der Waals surface area (Å²) in [4.78, 5) is -0.831. The lowest BCUT2D eigenvalue weighted by molar-refractivity contribution is 0.554. The molecule has 0 aliphatic carbocycles. The fourth-order valence-corrected chi connectivity index (χ4v) is 3.64. The zero-order valence-corrected chi connectivity index (χ0v) is 15.7. The van der Waals surface area contributed by atoms with Gasteiger partial charge >= 0.3 is 0 Å². The summed E-state index contributed by atoms with van der Waals surface area (Å²) >= 11 is 0. The molecule has 0 bridgehead atoms. The number of benzene rings is 3. The molecule has 0 atom stereocenters. The molecule has 3 rings (SSSR count). The van der Waals surface area contributed by atoms with Gasteiger partial charge in [-0.2, -0.15) is 0 Å². The van der Waals surface area contributed by atoms with Crippen molar-refractivity contribution >= 4 is 10.0 Å². The topological polar surface area (TPSA) is 72.2 Å². The minimum atomic E-state index is -4.41. The van der Waals surface area contributed by atoms with Crippen molar-refractivity contribution < 1.29 is 21.6 Å². The van der Waals surface area contributed by atoms with Crippen molar-refractivity contribution in [2.75, 3.05) is 7.05 Å². The summed E-state index contributed by atoms with van der Waals surface area (Å²) in [5.41, 5.74) is 0.481. The van der Waals surface area contributed by atoms with Crippen molar-refractivity contribution in [2.24, 2.45) is 5.14 Å². The molecular weight excluding hydrogens is 389 g/mol. The van der Waals surface area contributed by atoms with Crippen LogP contribution in [-0.4, -0.2) is 15.5 Å². The third kappa shape index (κ3) is 3.80. The van der Waals surface area contributed by atoms with Gasteiger partial charge in [-0.1, -0.05) is 30.3 Å². The highest BCUT2D eigenvalue weighted by Gasteiger charge is 2.24. The average molecular weight is 406 g/mol. The number of hydrogen-bond donors (Lipinski definition) is 2. The summed E-state index contributed by atoms with van der Waals surface area (Å²) in [6, 6.07) is 12.1. The molecule has 0 fully saturated rings. The molecule has 146 valence electrons. The number of halogens is 3. The van der Waals surface area contributed by atoms with Gasteiger partial charge in [-0.3, -0.25) is 0 Å². The van der Waals surface area contributed by atoms with E-state index in [1.54, 1.807) is 25.2 Å². The molecule has 0 spiro atoms. The minimum Gasteiger partial charge on any atom is -0.316 e. The highest BCUT2D eigenvalue weighted by Crippen LogP contribution is 2.38. The van der Waals surface area contributed by atoms with Crippen LogP contribution < -0.4 is 10.5 Å². The molecule has 3 aromatic rings. The Hall–Kier alpha value is -2.68. The van der Waals surface area contributed by atoms with Crippen molar-refractivity contribution in [1.29, 1.82) is 0 Å². The lowest BCUT2D eigenvalue weighted by Crippen LogP contribution is -2.15. The van der Waals surface area contributed by atoms with Crippen LogP contribution in [0.3, 0.4) is 0 Å². The van der Waals surface area contributed by atoms with Crippen LogP contribution in [0.25, 0.3) is 22.3 Å². The SMILES string of the molecule is CNCc1ccc(-c2ccccc2F)c(-c2c(F)ccc(S(N)(=O)=O)c2F)c1. The van der Waals surface area contributed by atoms with Crippen molar-refractivity contribution in [2.45, 2.75) is 11.4 Å². The number of sulfonamides is 1. The quantitative estimate of drug-likeness (QED) is 0.677. The fourth-order valence-electron chi connectivity index (χ4n) is 3.03. The van der Waals surface area contributed by atoms with Gasteiger partial charge in [0, 0.05) is 12.1 Å². The van der Waals surface area contributed by atoms with Crippen LogP contribution in [0.1, 0.15) is 5.56 Å². The monoisotopic (exact) mass is 406 g/mol. The molecule has 3 aromatic carbocycles. The molecule has 0 aromatic heterocycles. The van der Waals surface area contributed by atoms with Crippen molar-refractivity contribution in [1.82, 2.24) is 5.32 Å². The number of nitrogens with two attached hydrogens (primary N) is 1. The number of primary sulfonamides is 1. The van der Waals surface area contributed by atoms with Crippen LogP contribution in [0, 0.1) is 17.5 Å². The van der Waals surface area contributed by atoms with Crippen molar-refractivity contribution in [3.05, 3.63) is 77.6 Å². The van der Waals surface area contributed by atoms with Gasteiger partial charge < -0.3 is 5.32 Å². The van der Waals surface area contributed by atoms with E-state index in [0.29, 0.717) is 12.1 Å². The molecule has 3 N–H and O–H groups in total. The van der Waals surface area contributed by atoms with E-state index < -0.39 is 37.9 Å². The number of nitrogens with one attached hydrogen (secondary N) is 1. The van der Waals surface area contributed by atoms with E-state index in [9.17, 15) is 17.2 Å². The van der Waals surface area contributed by atoms with Crippen LogP contribution in [0.4, 0.5) is 13.2 Å². The van der Waals surface area contributed by atoms with Crippen LogP contribution in [-0.2, 0) is 16.6 Å². The predicted molar refractivity (Wildman–Crippen MR) is 101 cm³/mol. The normalized spacial score (nSPS) is 11.6. The van der Waals surface area contributed by atoms with Gasteiger partial charge in [-0.25, -0.2) is 26.7 Å². The van der Waals surface area contributed by atoms with Gasteiger partial charge in [0.15, 0.2) is 5.82 Å². The fraction of sp³-hybridized carbons (Fsp3) is 0.100. The second kappa shape index (κ2) is 7.75. The molecule has 0 heterocycles. The second-order valence-electron chi connectivity index (χ2n) is 6.17. The maximum atomic E-state index is 15.0. The van der Waals surface area contributed by atoms with Crippen LogP contribution in [0.2, 0.25) is 0 Å². The molecule has 28 heavy (non-hydrogen) atoms. The van der Waals surface area contributed by atoms with Crippen LogP contribution >= 0.6 is 0 Å². The Kier molecular flexibility index (Phi) is 5.55. The Morgan fingerprint density at radius 3 is 2.25 bits per heavy atom. The van der Waals surface area contributed by atoms with Gasteiger partial charge in [-0.05, 0) is 48.0 Å². The third-order valence-electron chi connectivity index (χ3n) is 4.26. The third-order valence-corrected chi connectivity index (χ3v) is 5.19. The molecule has 0 radical (unpaired) electrons. The number of hydrogen-bond acceptors (Lipinski definition) is 3. The molecule has 0 saturated carbocycles. The van der Waals surface area contributed by atoms with Crippen molar-refractivity contribution in [3.8, 4) is 22.3 Å². The zero-order chi connectivity index (χ0) is 20.5. The summed E-state index contributed by atoms with van der Waals surface area (Å²) in [6.45, 7) is 0.392. The van der Waals surface area contributed by atoms with E-state index in [4.69, 9.17) is 5.14 Å². The second-order valence-corrected chi connectivity index (χ2v) is 7.70. The lowest BCUT2D eigenvalue weighted by atomic mass is 9.92. The lowest BCUT2D eigenvalue weighted by Gasteiger charge is -2.16. The first kappa shape index (κ1) is 20.1. The zero-order valence-electron chi connectivity index (χ0n) is 14.8. The van der Waals surface area contributed by atoms with Gasteiger partial charge in [0.05, 0.1) is 5.56 Å². The molecule has 4 nitrogen and oxygen atoms in total.